The van der Waals surface area contributed by atoms with Gasteiger partial charge in [-0.3, -0.25) is 0 Å². The Morgan fingerprint density at radius 3 is 2.85 bits per heavy atom. The molecule has 0 amide bonds. The summed E-state index contributed by atoms with van der Waals surface area (Å²) >= 11 is 5.94. The number of hydrogen-bond acceptors (Lipinski definition) is 2. The standard InChI is InChI=1S/C16H15ClFNO/c17-10-12-5-3-6-14(18)16(12)19-8-9-20-15-7-2-1-4-13(15)11-19/h1-7H,8-11H2. The second-order valence-corrected chi connectivity index (χ2v) is 5.03. The third kappa shape index (κ3) is 2.46. The van der Waals surface area contributed by atoms with Crippen LogP contribution in [0.2, 0.25) is 0 Å². The maximum Gasteiger partial charge on any atom is 0.146 e. The van der Waals surface area contributed by atoms with Crippen LogP contribution in [0.4, 0.5) is 10.1 Å². The van der Waals surface area contributed by atoms with Crippen molar-refractivity contribution in [2.45, 2.75) is 12.4 Å². The van der Waals surface area contributed by atoms with Gasteiger partial charge in [0, 0.05) is 18.0 Å². The molecule has 0 saturated heterocycles. The summed E-state index contributed by atoms with van der Waals surface area (Å²) in [6.07, 6.45) is 0. The average molecular weight is 292 g/mol. The van der Waals surface area contributed by atoms with Crippen molar-refractivity contribution in [2.24, 2.45) is 0 Å². The van der Waals surface area contributed by atoms with E-state index in [1.165, 1.54) is 6.07 Å². The molecular weight excluding hydrogens is 277 g/mol. The van der Waals surface area contributed by atoms with Crippen molar-refractivity contribution >= 4 is 17.3 Å². The topological polar surface area (TPSA) is 12.5 Å². The smallest absolute Gasteiger partial charge is 0.146 e. The van der Waals surface area contributed by atoms with Crippen LogP contribution in [0.15, 0.2) is 42.5 Å². The van der Waals surface area contributed by atoms with Gasteiger partial charge < -0.3 is 9.64 Å². The first-order valence-corrected chi connectivity index (χ1v) is 7.12. The first kappa shape index (κ1) is 13.3. The number of rotatable bonds is 2. The van der Waals surface area contributed by atoms with Gasteiger partial charge in [0.25, 0.3) is 0 Å². The zero-order chi connectivity index (χ0) is 13.9. The first-order chi connectivity index (χ1) is 9.79. The molecule has 0 N–H and O–H groups in total. The van der Waals surface area contributed by atoms with E-state index in [2.05, 4.69) is 0 Å². The van der Waals surface area contributed by atoms with E-state index in [9.17, 15) is 4.39 Å². The summed E-state index contributed by atoms with van der Waals surface area (Å²) in [4.78, 5) is 2.00. The monoisotopic (exact) mass is 291 g/mol. The zero-order valence-corrected chi connectivity index (χ0v) is 11.7. The van der Waals surface area contributed by atoms with Crippen molar-refractivity contribution in [1.82, 2.24) is 0 Å². The van der Waals surface area contributed by atoms with Crippen molar-refractivity contribution in [2.75, 3.05) is 18.1 Å². The largest absolute Gasteiger partial charge is 0.491 e. The van der Waals surface area contributed by atoms with E-state index in [1.54, 1.807) is 6.07 Å². The highest BCUT2D eigenvalue weighted by molar-refractivity contribution is 6.17. The molecule has 1 aliphatic rings. The van der Waals surface area contributed by atoms with Crippen molar-refractivity contribution in [3.05, 3.63) is 59.4 Å². The van der Waals surface area contributed by atoms with Crippen LogP contribution in [0.1, 0.15) is 11.1 Å². The Balaban J connectivity index is 2.00. The molecule has 0 aromatic heterocycles. The molecule has 0 saturated carbocycles. The summed E-state index contributed by atoms with van der Waals surface area (Å²) in [6.45, 7) is 1.80. The minimum absolute atomic E-state index is 0.234. The van der Waals surface area contributed by atoms with Gasteiger partial charge in [-0.25, -0.2) is 4.39 Å². The van der Waals surface area contributed by atoms with Crippen LogP contribution in [0, 0.1) is 5.82 Å². The highest BCUT2D eigenvalue weighted by Gasteiger charge is 2.20. The molecule has 2 aromatic carbocycles. The van der Waals surface area contributed by atoms with Crippen LogP contribution in [-0.4, -0.2) is 13.2 Å². The molecule has 2 nitrogen and oxygen atoms in total. The predicted molar refractivity (Wildman–Crippen MR) is 78.9 cm³/mol. The lowest BCUT2D eigenvalue weighted by atomic mass is 10.1. The summed E-state index contributed by atoms with van der Waals surface area (Å²) < 4.78 is 19.9. The van der Waals surface area contributed by atoms with Gasteiger partial charge in [0.05, 0.1) is 12.2 Å². The summed E-state index contributed by atoms with van der Waals surface area (Å²) in [7, 11) is 0. The molecule has 20 heavy (non-hydrogen) atoms. The van der Waals surface area contributed by atoms with Gasteiger partial charge in [0.2, 0.25) is 0 Å². The van der Waals surface area contributed by atoms with E-state index < -0.39 is 0 Å². The number of fused-ring (bicyclic) bond motifs is 1. The number of nitrogens with zero attached hydrogens (tertiary/aromatic N) is 1. The van der Waals surface area contributed by atoms with E-state index in [0.29, 0.717) is 31.3 Å². The second-order valence-electron chi connectivity index (χ2n) is 4.76. The Morgan fingerprint density at radius 1 is 1.15 bits per heavy atom. The molecular formula is C16H15ClFNO. The molecule has 0 aliphatic carbocycles. The molecule has 2 aromatic rings. The highest BCUT2D eigenvalue weighted by atomic mass is 35.5. The van der Waals surface area contributed by atoms with Gasteiger partial charge in [-0.05, 0) is 17.7 Å². The van der Waals surface area contributed by atoms with E-state index in [1.807, 2.05) is 35.2 Å². The van der Waals surface area contributed by atoms with Crippen LogP contribution in [0.25, 0.3) is 0 Å². The molecule has 0 atom stereocenters. The third-order valence-electron chi connectivity index (χ3n) is 3.48. The van der Waals surface area contributed by atoms with Crippen LogP contribution in [-0.2, 0) is 12.4 Å². The van der Waals surface area contributed by atoms with Gasteiger partial charge >= 0.3 is 0 Å². The quantitative estimate of drug-likeness (QED) is 0.777. The van der Waals surface area contributed by atoms with Crippen LogP contribution in [0.5, 0.6) is 5.75 Å². The summed E-state index contributed by atoms with van der Waals surface area (Å²) in [6, 6.07) is 12.9. The molecule has 0 radical (unpaired) electrons. The van der Waals surface area contributed by atoms with Gasteiger partial charge in [-0.15, -0.1) is 11.6 Å². The average Bonchev–Trinajstić information content (AvgIpc) is 2.68. The lowest BCUT2D eigenvalue weighted by Crippen LogP contribution is -2.27. The Morgan fingerprint density at radius 2 is 2.00 bits per heavy atom. The maximum atomic E-state index is 14.2. The predicted octanol–water partition coefficient (Wildman–Crippen LogP) is 3.96. The molecule has 0 bridgehead atoms. The number of para-hydroxylation sites is 2. The number of ether oxygens (including phenoxy) is 1. The third-order valence-corrected chi connectivity index (χ3v) is 3.77. The Kier molecular flexibility index (Phi) is 3.79. The molecule has 0 spiro atoms. The fourth-order valence-electron chi connectivity index (χ4n) is 2.54. The van der Waals surface area contributed by atoms with Crippen molar-refractivity contribution in [3.8, 4) is 5.75 Å². The van der Waals surface area contributed by atoms with E-state index in [0.717, 1.165) is 16.9 Å². The molecule has 3 rings (SSSR count). The van der Waals surface area contributed by atoms with Crippen molar-refractivity contribution in [3.63, 3.8) is 0 Å². The molecule has 1 heterocycles. The Bertz CT molecular complexity index is 617. The van der Waals surface area contributed by atoms with Crippen LogP contribution in [0.3, 0.4) is 0 Å². The fraction of sp³-hybridized carbons (Fsp3) is 0.250. The Hall–Kier alpha value is -1.74. The number of anilines is 1. The number of hydrogen-bond donors (Lipinski definition) is 0. The van der Waals surface area contributed by atoms with Crippen LogP contribution < -0.4 is 9.64 Å². The first-order valence-electron chi connectivity index (χ1n) is 6.58. The van der Waals surface area contributed by atoms with E-state index in [4.69, 9.17) is 16.3 Å². The minimum atomic E-state index is -0.234. The molecule has 104 valence electrons. The molecule has 4 heteroatoms. The van der Waals surface area contributed by atoms with Crippen molar-refractivity contribution in [1.29, 1.82) is 0 Å². The van der Waals surface area contributed by atoms with Crippen LogP contribution >= 0.6 is 11.6 Å². The Labute approximate surface area is 122 Å². The number of benzene rings is 2. The summed E-state index contributed by atoms with van der Waals surface area (Å²) in [5, 5.41) is 0. The van der Waals surface area contributed by atoms with Gasteiger partial charge in [0.15, 0.2) is 0 Å². The summed E-state index contributed by atoms with van der Waals surface area (Å²) in [5.74, 6) is 0.938. The lowest BCUT2D eigenvalue weighted by molar-refractivity contribution is 0.331. The summed E-state index contributed by atoms with van der Waals surface area (Å²) in [5.41, 5.74) is 2.46. The van der Waals surface area contributed by atoms with Gasteiger partial charge in [-0.2, -0.15) is 0 Å². The minimum Gasteiger partial charge on any atom is -0.491 e. The molecule has 0 unspecified atom stereocenters. The zero-order valence-electron chi connectivity index (χ0n) is 11.0. The van der Waals surface area contributed by atoms with E-state index in [-0.39, 0.29) is 5.82 Å². The van der Waals surface area contributed by atoms with E-state index >= 15 is 0 Å². The SMILES string of the molecule is Fc1cccc(CCl)c1N1CCOc2ccccc2C1. The van der Waals surface area contributed by atoms with Gasteiger partial charge in [0.1, 0.15) is 18.2 Å². The maximum absolute atomic E-state index is 14.2. The molecule has 1 aliphatic heterocycles. The highest BCUT2D eigenvalue weighted by Crippen LogP contribution is 2.30. The number of halogens is 2. The second kappa shape index (κ2) is 5.71. The van der Waals surface area contributed by atoms with Crippen molar-refractivity contribution < 1.29 is 9.13 Å². The normalized spacial score (nSPS) is 14.4. The molecule has 0 fully saturated rings. The van der Waals surface area contributed by atoms with Gasteiger partial charge in [-0.1, -0.05) is 30.3 Å². The lowest BCUT2D eigenvalue weighted by Gasteiger charge is -2.25. The number of alkyl halides is 1. The fourth-order valence-corrected chi connectivity index (χ4v) is 2.75.